The van der Waals surface area contributed by atoms with Gasteiger partial charge in [-0.3, -0.25) is 4.79 Å². The standard InChI is InChI=1S/C15H13BrFN5O2/c1-7-12(19-11-4-3-8(16)5-10(11)17)9(6-22(2)14(7)23)13-20-21-15(18)24-13/h3-6,19H,1-2H3,(H2,18,21). The van der Waals surface area contributed by atoms with Gasteiger partial charge < -0.3 is 20.0 Å². The second-order valence-corrected chi connectivity index (χ2v) is 6.07. The molecule has 0 aliphatic carbocycles. The molecule has 7 nitrogen and oxygen atoms in total. The van der Waals surface area contributed by atoms with Gasteiger partial charge in [0.1, 0.15) is 5.82 Å². The molecule has 3 N–H and O–H groups in total. The highest BCUT2D eigenvalue weighted by atomic mass is 79.9. The van der Waals surface area contributed by atoms with Crippen molar-refractivity contribution in [3.63, 3.8) is 0 Å². The van der Waals surface area contributed by atoms with Gasteiger partial charge in [0.05, 0.1) is 16.9 Å². The van der Waals surface area contributed by atoms with Crippen molar-refractivity contribution in [2.24, 2.45) is 7.05 Å². The van der Waals surface area contributed by atoms with E-state index in [9.17, 15) is 9.18 Å². The molecule has 1 aromatic carbocycles. The Kier molecular flexibility index (Phi) is 4.10. The lowest BCUT2D eigenvalue weighted by Crippen LogP contribution is -2.21. The van der Waals surface area contributed by atoms with Crippen molar-refractivity contribution >= 4 is 33.3 Å². The van der Waals surface area contributed by atoms with Crippen LogP contribution in [0.25, 0.3) is 11.5 Å². The number of nitrogens with zero attached hydrogens (tertiary/aromatic N) is 3. The van der Waals surface area contributed by atoms with Crippen LogP contribution in [0, 0.1) is 12.7 Å². The average Bonchev–Trinajstić information content (AvgIpc) is 2.96. The smallest absolute Gasteiger partial charge is 0.313 e. The van der Waals surface area contributed by atoms with Crippen LogP contribution in [0.5, 0.6) is 0 Å². The van der Waals surface area contributed by atoms with E-state index >= 15 is 0 Å². The van der Waals surface area contributed by atoms with E-state index in [1.165, 1.54) is 16.8 Å². The highest BCUT2D eigenvalue weighted by Gasteiger charge is 2.18. The highest BCUT2D eigenvalue weighted by Crippen LogP contribution is 2.32. The van der Waals surface area contributed by atoms with E-state index in [1.54, 1.807) is 26.1 Å². The van der Waals surface area contributed by atoms with Gasteiger partial charge in [0.2, 0.25) is 0 Å². The first-order valence-corrected chi connectivity index (χ1v) is 7.67. The van der Waals surface area contributed by atoms with E-state index in [-0.39, 0.29) is 23.2 Å². The van der Waals surface area contributed by atoms with E-state index in [4.69, 9.17) is 10.2 Å². The fourth-order valence-electron chi connectivity index (χ4n) is 2.28. The van der Waals surface area contributed by atoms with E-state index in [2.05, 4.69) is 31.4 Å². The summed E-state index contributed by atoms with van der Waals surface area (Å²) < 4.78 is 21.4. The lowest BCUT2D eigenvalue weighted by molar-refractivity contribution is 0.589. The van der Waals surface area contributed by atoms with Crippen molar-refractivity contribution in [2.45, 2.75) is 6.92 Å². The summed E-state index contributed by atoms with van der Waals surface area (Å²) in [6, 6.07) is 4.47. The molecule has 0 bridgehead atoms. The van der Waals surface area contributed by atoms with Crippen LogP contribution in [0.2, 0.25) is 0 Å². The Hall–Kier alpha value is -2.68. The van der Waals surface area contributed by atoms with Crippen LogP contribution in [0.1, 0.15) is 5.56 Å². The summed E-state index contributed by atoms with van der Waals surface area (Å²) in [4.78, 5) is 12.2. The minimum absolute atomic E-state index is 0.0997. The summed E-state index contributed by atoms with van der Waals surface area (Å²) in [6.07, 6.45) is 1.53. The zero-order chi connectivity index (χ0) is 17.4. The number of nitrogens with one attached hydrogen (secondary N) is 1. The van der Waals surface area contributed by atoms with Gasteiger partial charge in [-0.1, -0.05) is 21.0 Å². The fraction of sp³-hybridized carbons (Fsp3) is 0.133. The van der Waals surface area contributed by atoms with Gasteiger partial charge in [-0.05, 0) is 25.1 Å². The third-order valence-electron chi connectivity index (χ3n) is 3.47. The van der Waals surface area contributed by atoms with Gasteiger partial charge in [-0.2, -0.15) is 0 Å². The molecule has 0 aliphatic rings. The molecule has 0 spiro atoms. The molecule has 0 amide bonds. The zero-order valence-corrected chi connectivity index (χ0v) is 14.4. The Labute approximate surface area is 144 Å². The van der Waals surface area contributed by atoms with Gasteiger partial charge >= 0.3 is 6.01 Å². The number of benzene rings is 1. The maximum Gasteiger partial charge on any atom is 0.313 e. The van der Waals surface area contributed by atoms with Gasteiger partial charge in [-0.15, -0.1) is 5.10 Å². The lowest BCUT2D eigenvalue weighted by Gasteiger charge is -2.15. The average molecular weight is 394 g/mol. The molecule has 9 heteroatoms. The SMILES string of the molecule is Cc1c(Nc2ccc(Br)cc2F)c(-c2nnc(N)o2)cn(C)c1=O. The summed E-state index contributed by atoms with van der Waals surface area (Å²) in [5.41, 5.74) is 6.66. The number of hydrogen-bond donors (Lipinski definition) is 2. The lowest BCUT2D eigenvalue weighted by atomic mass is 10.1. The van der Waals surface area contributed by atoms with E-state index < -0.39 is 5.82 Å². The van der Waals surface area contributed by atoms with Crippen LogP contribution in [0.3, 0.4) is 0 Å². The van der Waals surface area contributed by atoms with Crippen molar-refractivity contribution < 1.29 is 8.81 Å². The quantitative estimate of drug-likeness (QED) is 0.709. The minimum atomic E-state index is -0.472. The summed E-state index contributed by atoms with van der Waals surface area (Å²) in [5.74, 6) is -0.341. The summed E-state index contributed by atoms with van der Waals surface area (Å²) in [7, 11) is 1.60. The van der Waals surface area contributed by atoms with Crippen LogP contribution < -0.4 is 16.6 Å². The number of hydrogen-bond acceptors (Lipinski definition) is 6. The van der Waals surface area contributed by atoms with Gasteiger partial charge in [0.25, 0.3) is 11.4 Å². The number of pyridine rings is 1. The number of nitrogen functional groups attached to an aromatic ring is 1. The molecule has 2 heterocycles. The van der Waals surface area contributed by atoms with Gasteiger partial charge in [-0.25, -0.2) is 4.39 Å². The van der Waals surface area contributed by atoms with Crippen LogP contribution in [-0.2, 0) is 7.05 Å². The highest BCUT2D eigenvalue weighted by molar-refractivity contribution is 9.10. The molecule has 0 aliphatic heterocycles. The van der Waals surface area contributed by atoms with Crippen LogP contribution >= 0.6 is 15.9 Å². The molecule has 0 fully saturated rings. The van der Waals surface area contributed by atoms with Crippen LogP contribution in [-0.4, -0.2) is 14.8 Å². The molecule has 0 saturated carbocycles. The van der Waals surface area contributed by atoms with E-state index in [1.807, 2.05) is 0 Å². The number of anilines is 3. The molecule has 3 aromatic rings. The fourth-order valence-corrected chi connectivity index (χ4v) is 2.62. The largest absolute Gasteiger partial charge is 0.403 e. The Morgan fingerprint density at radius 1 is 1.38 bits per heavy atom. The first-order valence-electron chi connectivity index (χ1n) is 6.88. The van der Waals surface area contributed by atoms with E-state index in [0.717, 1.165) is 0 Å². The van der Waals surface area contributed by atoms with Crippen molar-refractivity contribution in [1.82, 2.24) is 14.8 Å². The predicted molar refractivity (Wildman–Crippen MR) is 91.5 cm³/mol. The third-order valence-corrected chi connectivity index (χ3v) is 3.96. The predicted octanol–water partition coefficient (Wildman–Crippen LogP) is 2.97. The zero-order valence-electron chi connectivity index (χ0n) is 12.8. The molecular weight excluding hydrogens is 381 g/mol. The Balaban J connectivity index is 2.18. The monoisotopic (exact) mass is 393 g/mol. The second kappa shape index (κ2) is 6.08. The van der Waals surface area contributed by atoms with Crippen molar-refractivity contribution in [2.75, 3.05) is 11.1 Å². The number of aromatic nitrogens is 3. The van der Waals surface area contributed by atoms with Crippen molar-refractivity contribution in [3.8, 4) is 11.5 Å². The normalized spacial score (nSPS) is 10.8. The molecule has 2 aromatic heterocycles. The topological polar surface area (TPSA) is 99.0 Å². The molecule has 0 radical (unpaired) electrons. The molecule has 3 rings (SSSR count). The summed E-state index contributed by atoms with van der Waals surface area (Å²) >= 11 is 3.20. The van der Waals surface area contributed by atoms with E-state index in [0.29, 0.717) is 21.3 Å². The van der Waals surface area contributed by atoms with Gasteiger partial charge in [0, 0.05) is 23.3 Å². The van der Waals surface area contributed by atoms with Crippen LogP contribution in [0.4, 0.5) is 21.8 Å². The molecule has 24 heavy (non-hydrogen) atoms. The first-order chi connectivity index (χ1) is 11.4. The summed E-state index contributed by atoms with van der Waals surface area (Å²) in [5, 5.41) is 10.4. The molecular formula is C15H13BrFN5O2. The number of nitrogens with two attached hydrogens (primary N) is 1. The Morgan fingerprint density at radius 3 is 2.75 bits per heavy atom. The van der Waals surface area contributed by atoms with Crippen molar-refractivity contribution in [1.29, 1.82) is 0 Å². The molecule has 124 valence electrons. The van der Waals surface area contributed by atoms with Gasteiger partial charge in [0.15, 0.2) is 0 Å². The maximum absolute atomic E-state index is 14.1. The number of aryl methyl sites for hydroxylation is 1. The maximum atomic E-state index is 14.1. The molecule has 0 saturated heterocycles. The minimum Gasteiger partial charge on any atom is -0.403 e. The molecule has 0 atom stereocenters. The Morgan fingerprint density at radius 2 is 2.12 bits per heavy atom. The second-order valence-electron chi connectivity index (χ2n) is 5.15. The molecule has 0 unspecified atom stereocenters. The van der Waals surface area contributed by atoms with Crippen molar-refractivity contribution in [3.05, 3.63) is 50.6 Å². The number of rotatable bonds is 3. The van der Waals surface area contributed by atoms with Crippen LogP contribution in [0.15, 0.2) is 38.1 Å². The third kappa shape index (κ3) is 2.90. The Bertz CT molecular complexity index is 982. The summed E-state index contributed by atoms with van der Waals surface area (Å²) in [6.45, 7) is 1.63. The number of halogens is 2. The first kappa shape index (κ1) is 16.2.